The number of anilines is 4. The number of carbonyl (C=O) groups excluding carboxylic acids is 2. The molecule has 0 unspecified atom stereocenters. The molecule has 2 aromatic carbocycles. The van der Waals surface area contributed by atoms with Crippen LogP contribution in [0.15, 0.2) is 60.9 Å². The summed E-state index contributed by atoms with van der Waals surface area (Å²) in [6, 6.07) is 12.9. The quantitative estimate of drug-likeness (QED) is 0.267. The van der Waals surface area contributed by atoms with Crippen molar-refractivity contribution in [2.75, 3.05) is 30.0 Å². The number of aryl methyl sites for hydroxylation is 1. The summed E-state index contributed by atoms with van der Waals surface area (Å²) in [4.78, 5) is 35.5. The van der Waals surface area contributed by atoms with E-state index in [2.05, 4.69) is 31.0 Å². The van der Waals surface area contributed by atoms with Gasteiger partial charge in [0.1, 0.15) is 18.0 Å². The van der Waals surface area contributed by atoms with Crippen molar-refractivity contribution >= 4 is 34.8 Å². The number of halogens is 3. The number of aromatic nitrogens is 4. The molecule has 0 saturated heterocycles. The SMILES string of the molecule is Cc1ccc(NC(=O)c2cccc(C(F)(F)F)c2)cc1Nc1cc(C(=O)N(C)C)nn1-c1cc(NC2CC2)ncn1. The third-order valence-corrected chi connectivity index (χ3v) is 6.34. The second-order valence-electron chi connectivity index (χ2n) is 9.89. The number of rotatable bonds is 8. The van der Waals surface area contributed by atoms with Crippen molar-refractivity contribution in [2.45, 2.75) is 32.0 Å². The van der Waals surface area contributed by atoms with E-state index in [-0.39, 0.29) is 17.2 Å². The first-order chi connectivity index (χ1) is 19.5. The molecule has 1 fully saturated rings. The summed E-state index contributed by atoms with van der Waals surface area (Å²) in [6.45, 7) is 1.84. The summed E-state index contributed by atoms with van der Waals surface area (Å²) in [6.07, 6.45) is -1.02. The number of hydrogen-bond acceptors (Lipinski definition) is 7. The van der Waals surface area contributed by atoms with Gasteiger partial charge in [-0.2, -0.15) is 23.0 Å². The Bertz CT molecular complexity index is 1610. The van der Waals surface area contributed by atoms with Crippen LogP contribution >= 0.6 is 0 Å². The number of carbonyl (C=O) groups is 2. The van der Waals surface area contributed by atoms with Gasteiger partial charge in [-0.1, -0.05) is 12.1 Å². The fraction of sp³-hybridized carbons (Fsp3) is 0.250. The van der Waals surface area contributed by atoms with E-state index in [1.54, 1.807) is 44.4 Å². The maximum atomic E-state index is 13.1. The summed E-state index contributed by atoms with van der Waals surface area (Å²) >= 11 is 0. The fourth-order valence-corrected chi connectivity index (χ4v) is 3.97. The second-order valence-corrected chi connectivity index (χ2v) is 9.89. The van der Waals surface area contributed by atoms with Crippen molar-refractivity contribution in [2.24, 2.45) is 0 Å². The predicted octanol–water partition coefficient (Wildman–Crippen LogP) is 5.26. The smallest absolute Gasteiger partial charge is 0.367 e. The van der Waals surface area contributed by atoms with Crippen LogP contribution in [0.5, 0.6) is 0 Å². The van der Waals surface area contributed by atoms with E-state index in [0.717, 1.165) is 30.5 Å². The summed E-state index contributed by atoms with van der Waals surface area (Å²) in [5.41, 5.74) is 0.872. The number of hydrogen-bond donors (Lipinski definition) is 3. The minimum absolute atomic E-state index is 0.126. The highest BCUT2D eigenvalue weighted by molar-refractivity contribution is 6.04. The van der Waals surface area contributed by atoms with Gasteiger partial charge in [-0.3, -0.25) is 9.59 Å². The van der Waals surface area contributed by atoms with Gasteiger partial charge in [-0.15, -0.1) is 0 Å². The zero-order valence-corrected chi connectivity index (χ0v) is 22.5. The van der Waals surface area contributed by atoms with Crippen LogP contribution in [0.4, 0.5) is 36.2 Å². The molecule has 1 aliphatic rings. The van der Waals surface area contributed by atoms with Crippen LogP contribution in [0.3, 0.4) is 0 Å². The van der Waals surface area contributed by atoms with Crippen LogP contribution in [-0.4, -0.2) is 56.6 Å². The Morgan fingerprint density at radius 3 is 2.51 bits per heavy atom. The molecule has 5 rings (SSSR count). The van der Waals surface area contributed by atoms with Crippen LogP contribution < -0.4 is 16.0 Å². The van der Waals surface area contributed by atoms with E-state index >= 15 is 0 Å². The van der Waals surface area contributed by atoms with Crippen molar-refractivity contribution < 1.29 is 22.8 Å². The van der Waals surface area contributed by atoms with Gasteiger partial charge >= 0.3 is 6.18 Å². The van der Waals surface area contributed by atoms with E-state index in [4.69, 9.17) is 0 Å². The summed E-state index contributed by atoms with van der Waals surface area (Å²) in [5.74, 6) is 0.489. The molecule has 10 nitrogen and oxygen atoms in total. The maximum Gasteiger partial charge on any atom is 0.416 e. The minimum atomic E-state index is -4.56. The van der Waals surface area contributed by atoms with Gasteiger partial charge in [0, 0.05) is 49.2 Å². The predicted molar refractivity (Wildman–Crippen MR) is 148 cm³/mol. The molecule has 1 aliphatic carbocycles. The molecule has 0 spiro atoms. The topological polar surface area (TPSA) is 117 Å². The van der Waals surface area contributed by atoms with Gasteiger partial charge in [0.15, 0.2) is 11.5 Å². The first-order valence-electron chi connectivity index (χ1n) is 12.7. The van der Waals surface area contributed by atoms with Crippen molar-refractivity contribution in [1.82, 2.24) is 24.6 Å². The zero-order valence-electron chi connectivity index (χ0n) is 22.5. The number of benzene rings is 2. The van der Waals surface area contributed by atoms with Crippen LogP contribution in [-0.2, 0) is 6.18 Å². The van der Waals surface area contributed by atoms with Crippen molar-refractivity contribution in [3.63, 3.8) is 0 Å². The highest BCUT2D eigenvalue weighted by Gasteiger charge is 2.31. The van der Waals surface area contributed by atoms with Gasteiger partial charge in [0.2, 0.25) is 0 Å². The largest absolute Gasteiger partial charge is 0.416 e. The van der Waals surface area contributed by atoms with Gasteiger partial charge in [-0.25, -0.2) is 9.97 Å². The Labute approximate surface area is 233 Å². The van der Waals surface area contributed by atoms with E-state index < -0.39 is 17.6 Å². The summed E-state index contributed by atoms with van der Waals surface area (Å²) < 4.78 is 40.8. The lowest BCUT2D eigenvalue weighted by molar-refractivity contribution is -0.137. The van der Waals surface area contributed by atoms with Gasteiger partial charge in [0.05, 0.1) is 5.56 Å². The summed E-state index contributed by atoms with van der Waals surface area (Å²) in [5, 5.41) is 13.7. The lowest BCUT2D eigenvalue weighted by Crippen LogP contribution is -2.22. The second kappa shape index (κ2) is 10.9. The minimum Gasteiger partial charge on any atom is -0.367 e. The molecule has 0 radical (unpaired) electrons. The molecule has 4 aromatic rings. The molecule has 212 valence electrons. The van der Waals surface area contributed by atoms with Gasteiger partial charge in [0.25, 0.3) is 11.8 Å². The Balaban J connectivity index is 1.44. The molecule has 2 aromatic heterocycles. The Kier molecular flexibility index (Phi) is 7.35. The maximum absolute atomic E-state index is 13.1. The third kappa shape index (κ3) is 6.45. The monoisotopic (exact) mass is 564 g/mol. The molecule has 41 heavy (non-hydrogen) atoms. The highest BCUT2D eigenvalue weighted by atomic mass is 19.4. The Morgan fingerprint density at radius 2 is 1.80 bits per heavy atom. The van der Waals surface area contributed by atoms with Crippen LogP contribution in [0.25, 0.3) is 5.82 Å². The van der Waals surface area contributed by atoms with Crippen LogP contribution in [0.2, 0.25) is 0 Å². The molecule has 2 amide bonds. The molecule has 0 bridgehead atoms. The number of nitrogens with zero attached hydrogens (tertiary/aromatic N) is 5. The number of amides is 2. The van der Waals surface area contributed by atoms with E-state index in [0.29, 0.717) is 34.9 Å². The van der Waals surface area contributed by atoms with E-state index in [1.165, 1.54) is 28.0 Å². The molecular formula is C28H27F3N8O2. The Hall–Kier alpha value is -4.94. The lowest BCUT2D eigenvalue weighted by atomic mass is 10.1. The van der Waals surface area contributed by atoms with Crippen LogP contribution in [0.1, 0.15) is 44.8 Å². The normalized spacial score (nSPS) is 13.0. The standard InChI is InChI=1S/C28H27F3N8O2/c1-16-7-8-20(35-26(40)17-5-4-6-18(11-17)28(29,30)31)12-21(16)36-25-13-22(27(41)38(2)3)37-39(25)24-14-23(32-15-33-24)34-19-9-10-19/h4-8,11-15,19,36H,9-10H2,1-3H3,(H,35,40)(H,32,33,34). The Morgan fingerprint density at radius 1 is 1.02 bits per heavy atom. The number of nitrogens with one attached hydrogen (secondary N) is 3. The molecule has 1 saturated carbocycles. The van der Waals surface area contributed by atoms with Crippen molar-refractivity contribution in [3.8, 4) is 5.82 Å². The number of alkyl halides is 3. The van der Waals surface area contributed by atoms with E-state index in [9.17, 15) is 22.8 Å². The molecule has 3 N–H and O–H groups in total. The molecule has 0 atom stereocenters. The van der Waals surface area contributed by atoms with Crippen molar-refractivity contribution in [3.05, 3.63) is 83.3 Å². The zero-order chi connectivity index (χ0) is 29.3. The molecular weight excluding hydrogens is 537 g/mol. The van der Waals surface area contributed by atoms with Gasteiger partial charge < -0.3 is 20.9 Å². The van der Waals surface area contributed by atoms with Gasteiger partial charge in [-0.05, 0) is 55.7 Å². The highest BCUT2D eigenvalue weighted by Crippen LogP contribution is 2.31. The summed E-state index contributed by atoms with van der Waals surface area (Å²) in [7, 11) is 3.25. The molecule has 2 heterocycles. The average Bonchev–Trinajstić information content (AvgIpc) is 3.65. The molecule has 0 aliphatic heterocycles. The average molecular weight is 565 g/mol. The first kappa shape index (κ1) is 27.6. The van der Waals surface area contributed by atoms with Crippen molar-refractivity contribution in [1.29, 1.82) is 0 Å². The van der Waals surface area contributed by atoms with Crippen LogP contribution in [0, 0.1) is 6.92 Å². The third-order valence-electron chi connectivity index (χ3n) is 6.34. The fourth-order valence-electron chi connectivity index (χ4n) is 3.97. The lowest BCUT2D eigenvalue weighted by Gasteiger charge is -2.14. The molecule has 13 heteroatoms. The van der Waals surface area contributed by atoms with E-state index in [1.807, 2.05) is 6.92 Å². The first-order valence-corrected chi connectivity index (χ1v) is 12.7.